The minimum atomic E-state index is 0.370. The van der Waals surface area contributed by atoms with Crippen LogP contribution >= 0.6 is 0 Å². The number of aliphatic hydroxyl groups excluding tert-OH is 1. The number of hydrogen-bond donors (Lipinski definition) is 1. The molecule has 0 aromatic heterocycles. The Hall–Kier alpha value is -0.0800. The Morgan fingerprint density at radius 1 is 1.60 bits per heavy atom. The van der Waals surface area contributed by atoms with E-state index in [1.807, 2.05) is 0 Å². The third kappa shape index (κ3) is 1.70. The van der Waals surface area contributed by atoms with Crippen LogP contribution in [0.5, 0.6) is 0 Å². The summed E-state index contributed by atoms with van der Waals surface area (Å²) in [5.41, 5.74) is 0. The molecule has 0 aromatic carbocycles. The number of likely N-dealkylation sites (tertiary alicyclic amines) is 1. The Balaban J connectivity index is 2.36. The van der Waals surface area contributed by atoms with Crippen LogP contribution in [-0.2, 0) is 0 Å². The Labute approximate surface area is 62.8 Å². The highest BCUT2D eigenvalue weighted by Crippen LogP contribution is 2.21. The lowest BCUT2D eigenvalue weighted by Gasteiger charge is -2.33. The van der Waals surface area contributed by atoms with Crippen LogP contribution in [0.2, 0.25) is 0 Å². The fourth-order valence-electron chi connectivity index (χ4n) is 1.67. The average Bonchev–Trinajstić information content (AvgIpc) is 1.88. The minimum absolute atomic E-state index is 0.370. The number of aliphatic hydroxyl groups is 1. The lowest BCUT2D eigenvalue weighted by Crippen LogP contribution is -2.37. The van der Waals surface area contributed by atoms with Crippen LogP contribution in [0.3, 0.4) is 0 Å². The van der Waals surface area contributed by atoms with Crippen molar-refractivity contribution in [2.24, 2.45) is 11.8 Å². The molecule has 0 saturated carbocycles. The van der Waals surface area contributed by atoms with E-state index in [-0.39, 0.29) is 0 Å². The van der Waals surface area contributed by atoms with Gasteiger partial charge in [-0.15, -0.1) is 0 Å². The topological polar surface area (TPSA) is 23.5 Å². The van der Waals surface area contributed by atoms with Crippen molar-refractivity contribution in [3.05, 3.63) is 0 Å². The van der Waals surface area contributed by atoms with E-state index in [0.717, 1.165) is 19.5 Å². The largest absolute Gasteiger partial charge is 0.396 e. The van der Waals surface area contributed by atoms with Crippen molar-refractivity contribution >= 4 is 0 Å². The van der Waals surface area contributed by atoms with Gasteiger partial charge >= 0.3 is 0 Å². The van der Waals surface area contributed by atoms with E-state index >= 15 is 0 Å². The zero-order valence-corrected chi connectivity index (χ0v) is 6.88. The van der Waals surface area contributed by atoms with Gasteiger partial charge in [0, 0.05) is 13.2 Å². The van der Waals surface area contributed by atoms with Gasteiger partial charge in [-0.25, -0.2) is 0 Å². The molecule has 1 heterocycles. The first-order valence-electron chi connectivity index (χ1n) is 4.03. The Morgan fingerprint density at radius 2 is 2.30 bits per heavy atom. The van der Waals surface area contributed by atoms with Crippen LogP contribution in [0.1, 0.15) is 13.3 Å². The van der Waals surface area contributed by atoms with Gasteiger partial charge in [0.1, 0.15) is 0 Å². The predicted octanol–water partition coefficient (Wildman–Crippen LogP) is 0.567. The molecule has 1 saturated heterocycles. The fraction of sp³-hybridized carbons (Fsp3) is 1.00. The minimum Gasteiger partial charge on any atom is -0.396 e. The maximum absolute atomic E-state index is 8.93. The molecule has 10 heavy (non-hydrogen) atoms. The molecule has 0 spiro atoms. The van der Waals surface area contributed by atoms with Crippen LogP contribution in [0.4, 0.5) is 0 Å². The summed E-state index contributed by atoms with van der Waals surface area (Å²) in [4.78, 5) is 2.33. The molecule has 1 rings (SSSR count). The van der Waals surface area contributed by atoms with E-state index in [1.165, 1.54) is 0 Å². The van der Waals surface area contributed by atoms with Gasteiger partial charge in [0.05, 0.1) is 0 Å². The fourth-order valence-corrected chi connectivity index (χ4v) is 1.67. The molecule has 0 aliphatic carbocycles. The van der Waals surface area contributed by atoms with E-state index in [4.69, 9.17) is 5.11 Å². The number of piperidine rings is 1. The number of nitrogens with zero attached hydrogens (tertiary/aromatic N) is 1. The first-order chi connectivity index (χ1) is 4.74. The van der Waals surface area contributed by atoms with Gasteiger partial charge in [-0.1, -0.05) is 6.92 Å². The molecule has 1 aliphatic rings. The monoisotopic (exact) mass is 143 g/mol. The Morgan fingerprint density at radius 3 is 2.80 bits per heavy atom. The highest BCUT2D eigenvalue weighted by molar-refractivity contribution is 4.74. The van der Waals surface area contributed by atoms with Crippen molar-refractivity contribution in [2.45, 2.75) is 13.3 Å². The van der Waals surface area contributed by atoms with Crippen molar-refractivity contribution in [1.29, 1.82) is 0 Å². The third-order valence-corrected chi connectivity index (χ3v) is 2.52. The lowest BCUT2D eigenvalue weighted by molar-refractivity contribution is 0.0990. The zero-order valence-electron chi connectivity index (χ0n) is 6.88. The van der Waals surface area contributed by atoms with Crippen LogP contribution < -0.4 is 0 Å². The van der Waals surface area contributed by atoms with E-state index in [1.54, 1.807) is 0 Å². The summed E-state index contributed by atoms with van der Waals surface area (Å²) in [6.07, 6.45) is 1.16. The molecule has 1 fully saturated rings. The van der Waals surface area contributed by atoms with E-state index < -0.39 is 0 Å². The first kappa shape index (κ1) is 8.02. The molecule has 0 aromatic rings. The molecule has 1 N–H and O–H groups in total. The third-order valence-electron chi connectivity index (χ3n) is 2.52. The van der Waals surface area contributed by atoms with Crippen LogP contribution in [0.25, 0.3) is 0 Å². The maximum atomic E-state index is 8.93. The summed E-state index contributed by atoms with van der Waals surface area (Å²) in [6.45, 7) is 4.88. The molecule has 1 aliphatic heterocycles. The summed E-state index contributed by atoms with van der Waals surface area (Å²) in [6, 6.07) is 0. The van der Waals surface area contributed by atoms with Crippen molar-refractivity contribution in [3.8, 4) is 0 Å². The molecule has 0 radical (unpaired) electrons. The van der Waals surface area contributed by atoms with E-state index in [2.05, 4.69) is 18.9 Å². The second-order valence-corrected chi connectivity index (χ2v) is 3.47. The van der Waals surface area contributed by atoms with Crippen LogP contribution in [0, 0.1) is 11.8 Å². The van der Waals surface area contributed by atoms with Gasteiger partial charge in [-0.2, -0.15) is 0 Å². The molecule has 0 unspecified atom stereocenters. The van der Waals surface area contributed by atoms with Gasteiger partial charge in [0.25, 0.3) is 0 Å². The summed E-state index contributed by atoms with van der Waals surface area (Å²) in [5.74, 6) is 1.22. The summed E-state index contributed by atoms with van der Waals surface area (Å²) < 4.78 is 0. The van der Waals surface area contributed by atoms with Gasteiger partial charge < -0.3 is 10.0 Å². The smallest absolute Gasteiger partial charge is 0.0462 e. The summed E-state index contributed by atoms with van der Waals surface area (Å²) in [5, 5.41) is 8.93. The SMILES string of the molecule is C[C@@H]1CN(C)CC[C@H]1CO. The zero-order chi connectivity index (χ0) is 7.56. The van der Waals surface area contributed by atoms with Gasteiger partial charge in [0.15, 0.2) is 0 Å². The molecule has 2 heteroatoms. The predicted molar refractivity (Wildman–Crippen MR) is 41.9 cm³/mol. The van der Waals surface area contributed by atoms with E-state index in [9.17, 15) is 0 Å². The summed E-state index contributed by atoms with van der Waals surface area (Å²) in [7, 11) is 2.14. The van der Waals surface area contributed by atoms with Crippen molar-refractivity contribution in [1.82, 2.24) is 4.90 Å². The molecular formula is C8H17NO. The highest BCUT2D eigenvalue weighted by Gasteiger charge is 2.22. The second kappa shape index (κ2) is 3.35. The molecule has 2 atom stereocenters. The first-order valence-corrected chi connectivity index (χ1v) is 4.03. The van der Waals surface area contributed by atoms with E-state index in [0.29, 0.717) is 18.4 Å². The summed E-state index contributed by atoms with van der Waals surface area (Å²) >= 11 is 0. The van der Waals surface area contributed by atoms with Gasteiger partial charge in [-0.05, 0) is 31.8 Å². The standard InChI is InChI=1S/C8H17NO/c1-7-5-9(2)4-3-8(7)6-10/h7-8,10H,3-6H2,1-2H3/t7-,8+/m1/s1. The number of hydrogen-bond acceptors (Lipinski definition) is 2. The van der Waals surface area contributed by atoms with Crippen molar-refractivity contribution < 1.29 is 5.11 Å². The van der Waals surface area contributed by atoms with Crippen LogP contribution in [0.15, 0.2) is 0 Å². The maximum Gasteiger partial charge on any atom is 0.0462 e. The quantitative estimate of drug-likeness (QED) is 0.580. The number of rotatable bonds is 1. The van der Waals surface area contributed by atoms with Crippen LogP contribution in [-0.4, -0.2) is 36.8 Å². The van der Waals surface area contributed by atoms with Gasteiger partial charge in [0.2, 0.25) is 0 Å². The molecule has 0 bridgehead atoms. The molecule has 60 valence electrons. The van der Waals surface area contributed by atoms with Gasteiger partial charge in [-0.3, -0.25) is 0 Å². The molecule has 0 amide bonds. The second-order valence-electron chi connectivity index (χ2n) is 3.47. The Bertz CT molecular complexity index is 105. The Kier molecular flexibility index (Phi) is 2.69. The normalized spacial score (nSPS) is 36.3. The average molecular weight is 143 g/mol. The molecule has 2 nitrogen and oxygen atoms in total. The molecular weight excluding hydrogens is 126 g/mol. The van der Waals surface area contributed by atoms with Crippen molar-refractivity contribution in [2.75, 3.05) is 26.7 Å². The van der Waals surface area contributed by atoms with Crippen molar-refractivity contribution in [3.63, 3.8) is 0 Å². The lowest BCUT2D eigenvalue weighted by atomic mass is 9.88. The highest BCUT2D eigenvalue weighted by atomic mass is 16.3.